The first-order valence-corrected chi connectivity index (χ1v) is 10.1. The molecule has 1 aromatic heterocycles. The van der Waals surface area contributed by atoms with Gasteiger partial charge >= 0.3 is 0 Å². The molecule has 166 valence electrons. The Balaban J connectivity index is 1.60. The van der Waals surface area contributed by atoms with Crippen LogP contribution in [0.1, 0.15) is 28.0 Å². The Kier molecular flexibility index (Phi) is 7.78. The number of nitrogens with one attached hydrogen (secondary N) is 1. The minimum Gasteiger partial charge on any atom is -0.490 e. The van der Waals surface area contributed by atoms with Gasteiger partial charge in [0.05, 0.1) is 23.6 Å². The van der Waals surface area contributed by atoms with Gasteiger partial charge in [0.1, 0.15) is 35.6 Å². The minimum atomic E-state index is -0.374. The topological polar surface area (TPSA) is 115 Å². The number of amides is 1. The van der Waals surface area contributed by atoms with Crippen molar-refractivity contribution in [2.45, 2.75) is 12.8 Å². The molecule has 0 fully saturated rings. The van der Waals surface area contributed by atoms with Crippen LogP contribution in [0.5, 0.6) is 5.75 Å². The molecular weight excluding hydrogens is 413 g/mol. The molecule has 3 N–H and O–H groups in total. The summed E-state index contributed by atoms with van der Waals surface area (Å²) >= 11 is 0. The van der Waals surface area contributed by atoms with Crippen molar-refractivity contribution < 1.29 is 18.7 Å². The second kappa shape index (κ2) is 10.9. The van der Waals surface area contributed by atoms with Gasteiger partial charge in [0.2, 0.25) is 0 Å². The van der Waals surface area contributed by atoms with Crippen molar-refractivity contribution in [3.05, 3.63) is 71.2 Å². The van der Waals surface area contributed by atoms with Crippen molar-refractivity contribution >= 4 is 11.7 Å². The van der Waals surface area contributed by atoms with Gasteiger partial charge in [0.15, 0.2) is 0 Å². The highest BCUT2D eigenvalue weighted by molar-refractivity contribution is 5.96. The van der Waals surface area contributed by atoms with E-state index >= 15 is 0 Å². The number of hydrogen-bond acceptors (Lipinski definition) is 6. The number of carbonyl (C=O) groups is 1. The number of para-hydroxylation sites is 1. The molecule has 0 aliphatic rings. The summed E-state index contributed by atoms with van der Waals surface area (Å²) in [5.41, 5.74) is 7.86. The first-order valence-electron chi connectivity index (χ1n) is 10.1. The number of anilines is 1. The average molecular weight is 437 g/mol. The molecule has 0 atom stereocenters. The van der Waals surface area contributed by atoms with Crippen LogP contribution in [-0.2, 0) is 11.2 Å². The predicted octanol–water partition coefficient (Wildman–Crippen LogP) is 2.85. The van der Waals surface area contributed by atoms with Gasteiger partial charge in [-0.2, -0.15) is 10.4 Å². The fourth-order valence-electron chi connectivity index (χ4n) is 3.12. The Hall–Kier alpha value is -3.90. The van der Waals surface area contributed by atoms with Crippen molar-refractivity contribution in [1.29, 1.82) is 5.26 Å². The smallest absolute Gasteiger partial charge is 0.255 e. The standard InChI is InChI=1S/C23H24FN5O3/c1-31-13-14-32-21-7-3-2-5-18(21)23(30)27-12-4-6-20-19(15-25)22(26)29(28-20)17-10-8-16(24)9-11-17/h2-3,5,7-11H,4,6,12-14,26H2,1H3,(H,27,30). The maximum absolute atomic E-state index is 13.2. The molecule has 0 radical (unpaired) electrons. The average Bonchev–Trinajstić information content (AvgIpc) is 3.12. The number of rotatable bonds is 10. The van der Waals surface area contributed by atoms with E-state index in [-0.39, 0.29) is 23.1 Å². The number of carbonyl (C=O) groups excluding carboxylic acids is 1. The van der Waals surface area contributed by atoms with Gasteiger partial charge in [-0.3, -0.25) is 4.79 Å². The van der Waals surface area contributed by atoms with Gasteiger partial charge in [-0.25, -0.2) is 9.07 Å². The normalized spacial score (nSPS) is 10.5. The van der Waals surface area contributed by atoms with E-state index < -0.39 is 0 Å². The number of nitrogens with zero attached hydrogens (tertiary/aromatic N) is 3. The maximum Gasteiger partial charge on any atom is 0.255 e. The fourth-order valence-corrected chi connectivity index (χ4v) is 3.12. The van der Waals surface area contributed by atoms with Crippen LogP contribution in [0, 0.1) is 17.1 Å². The molecule has 0 unspecified atom stereocenters. The second-order valence-corrected chi connectivity index (χ2v) is 6.90. The first-order chi connectivity index (χ1) is 15.5. The molecule has 3 rings (SSSR count). The third-order valence-electron chi connectivity index (χ3n) is 4.73. The van der Waals surface area contributed by atoms with Crippen molar-refractivity contribution in [1.82, 2.24) is 15.1 Å². The molecule has 32 heavy (non-hydrogen) atoms. The third-order valence-corrected chi connectivity index (χ3v) is 4.73. The van der Waals surface area contributed by atoms with Crippen LogP contribution < -0.4 is 15.8 Å². The number of methoxy groups -OCH3 is 1. The number of nitrogen functional groups attached to an aromatic ring is 1. The van der Waals surface area contributed by atoms with E-state index in [9.17, 15) is 14.4 Å². The van der Waals surface area contributed by atoms with Crippen molar-refractivity contribution in [2.24, 2.45) is 0 Å². The predicted molar refractivity (Wildman–Crippen MR) is 117 cm³/mol. The van der Waals surface area contributed by atoms with E-state index in [1.54, 1.807) is 31.4 Å². The van der Waals surface area contributed by atoms with Crippen molar-refractivity contribution in [2.75, 3.05) is 32.6 Å². The summed E-state index contributed by atoms with van der Waals surface area (Å²) < 4.78 is 25.2. The summed E-state index contributed by atoms with van der Waals surface area (Å²) in [4.78, 5) is 12.6. The number of ether oxygens (including phenoxy) is 2. The molecule has 9 heteroatoms. The summed E-state index contributed by atoms with van der Waals surface area (Å²) in [6.45, 7) is 1.14. The molecule has 8 nitrogen and oxygen atoms in total. The summed E-state index contributed by atoms with van der Waals surface area (Å²) in [5.74, 6) is 0.0522. The first kappa shape index (κ1) is 22.8. The number of nitrogens with two attached hydrogens (primary N) is 1. The number of halogens is 1. The summed E-state index contributed by atoms with van der Waals surface area (Å²) in [6.07, 6.45) is 0.987. The van der Waals surface area contributed by atoms with E-state index in [0.717, 1.165) is 0 Å². The number of aryl methyl sites for hydroxylation is 1. The van der Waals surface area contributed by atoms with Gasteiger partial charge in [0.25, 0.3) is 5.91 Å². The number of nitriles is 1. The lowest BCUT2D eigenvalue weighted by Gasteiger charge is -2.11. The van der Waals surface area contributed by atoms with Gasteiger partial charge in [0, 0.05) is 13.7 Å². The van der Waals surface area contributed by atoms with Crippen LogP contribution in [0.2, 0.25) is 0 Å². The maximum atomic E-state index is 13.2. The quantitative estimate of drug-likeness (QED) is 0.471. The van der Waals surface area contributed by atoms with Gasteiger partial charge in [-0.05, 0) is 49.2 Å². The Labute approximate surface area is 185 Å². The highest BCUT2D eigenvalue weighted by atomic mass is 19.1. The fraction of sp³-hybridized carbons (Fsp3) is 0.261. The molecule has 0 saturated heterocycles. The molecule has 0 aliphatic heterocycles. The van der Waals surface area contributed by atoms with Gasteiger partial charge in [-0.15, -0.1) is 0 Å². The number of hydrogen-bond donors (Lipinski definition) is 2. The lowest BCUT2D eigenvalue weighted by molar-refractivity contribution is 0.0945. The Morgan fingerprint density at radius 1 is 1.22 bits per heavy atom. The van der Waals surface area contributed by atoms with Crippen LogP contribution in [0.3, 0.4) is 0 Å². The van der Waals surface area contributed by atoms with Crippen molar-refractivity contribution in [3.63, 3.8) is 0 Å². The molecule has 1 heterocycles. The zero-order valence-electron chi connectivity index (χ0n) is 17.7. The zero-order valence-corrected chi connectivity index (χ0v) is 17.7. The third kappa shape index (κ3) is 5.42. The second-order valence-electron chi connectivity index (χ2n) is 6.90. The van der Waals surface area contributed by atoms with E-state index in [0.29, 0.717) is 55.3 Å². The molecule has 0 aliphatic carbocycles. The molecule has 0 bridgehead atoms. The monoisotopic (exact) mass is 437 g/mol. The summed E-state index contributed by atoms with van der Waals surface area (Å²) in [6, 6.07) is 14.7. The van der Waals surface area contributed by atoms with Crippen LogP contribution >= 0.6 is 0 Å². The number of benzene rings is 2. The van der Waals surface area contributed by atoms with E-state index in [1.165, 1.54) is 28.9 Å². The Morgan fingerprint density at radius 2 is 1.97 bits per heavy atom. The molecular formula is C23H24FN5O3. The van der Waals surface area contributed by atoms with Gasteiger partial charge < -0.3 is 20.5 Å². The molecule has 1 amide bonds. The van der Waals surface area contributed by atoms with E-state index in [4.69, 9.17) is 15.2 Å². The summed E-state index contributed by atoms with van der Waals surface area (Å²) in [7, 11) is 1.58. The highest BCUT2D eigenvalue weighted by Gasteiger charge is 2.17. The molecule has 3 aromatic rings. The van der Waals surface area contributed by atoms with E-state index in [2.05, 4.69) is 16.5 Å². The highest BCUT2D eigenvalue weighted by Crippen LogP contribution is 2.22. The largest absolute Gasteiger partial charge is 0.490 e. The Morgan fingerprint density at radius 3 is 2.69 bits per heavy atom. The lowest BCUT2D eigenvalue weighted by Crippen LogP contribution is -2.25. The van der Waals surface area contributed by atoms with Crippen LogP contribution in [0.25, 0.3) is 5.69 Å². The molecule has 2 aromatic carbocycles. The molecule has 0 spiro atoms. The van der Waals surface area contributed by atoms with Crippen LogP contribution in [-0.4, -0.2) is 42.6 Å². The van der Waals surface area contributed by atoms with Crippen LogP contribution in [0.4, 0.5) is 10.2 Å². The zero-order chi connectivity index (χ0) is 22.9. The molecule has 0 saturated carbocycles. The minimum absolute atomic E-state index is 0.195. The SMILES string of the molecule is COCCOc1ccccc1C(=O)NCCCc1nn(-c2ccc(F)cc2)c(N)c1C#N. The van der Waals surface area contributed by atoms with Gasteiger partial charge in [-0.1, -0.05) is 12.1 Å². The van der Waals surface area contributed by atoms with Crippen LogP contribution in [0.15, 0.2) is 48.5 Å². The lowest BCUT2D eigenvalue weighted by atomic mass is 10.1. The summed E-state index contributed by atoms with van der Waals surface area (Å²) in [5, 5.41) is 16.8. The van der Waals surface area contributed by atoms with Crippen molar-refractivity contribution in [3.8, 4) is 17.5 Å². The number of aromatic nitrogens is 2. The van der Waals surface area contributed by atoms with E-state index in [1.807, 2.05) is 0 Å². The Bertz CT molecular complexity index is 1110.